The zero-order valence-electron chi connectivity index (χ0n) is 11.6. The largest absolute Gasteiger partial charge is 0.417 e. The second kappa shape index (κ2) is 7.11. The van der Waals surface area contributed by atoms with Crippen LogP contribution in [0, 0.1) is 0 Å². The van der Waals surface area contributed by atoms with Crippen LogP contribution in [0.25, 0.3) is 0 Å². The summed E-state index contributed by atoms with van der Waals surface area (Å²) in [5, 5.41) is -0.307. The lowest BCUT2D eigenvalue weighted by molar-refractivity contribution is -0.137. The van der Waals surface area contributed by atoms with Gasteiger partial charge in [0.2, 0.25) is 0 Å². The molecule has 5 heteroatoms. The molecule has 1 unspecified atom stereocenters. The van der Waals surface area contributed by atoms with E-state index in [0.29, 0.717) is 18.4 Å². The number of hydrogen-bond acceptors (Lipinski definition) is 1. The van der Waals surface area contributed by atoms with E-state index in [9.17, 15) is 18.0 Å². The molecule has 0 N–H and O–H groups in total. The van der Waals surface area contributed by atoms with Gasteiger partial charge in [0.05, 0.1) is 10.6 Å². The lowest BCUT2D eigenvalue weighted by Crippen LogP contribution is -2.10. The predicted molar refractivity (Wildman–Crippen MR) is 74.0 cm³/mol. The lowest BCUT2D eigenvalue weighted by Gasteiger charge is -2.18. The van der Waals surface area contributed by atoms with Crippen LogP contribution in [-0.4, -0.2) is 5.78 Å². The maximum absolute atomic E-state index is 12.9. The molecule has 112 valence electrons. The molecule has 0 fully saturated rings. The van der Waals surface area contributed by atoms with E-state index in [1.54, 1.807) is 13.0 Å². The van der Waals surface area contributed by atoms with Crippen molar-refractivity contribution < 1.29 is 18.0 Å². The topological polar surface area (TPSA) is 17.1 Å². The standard InChI is InChI=1S/C15H18ClF3O/c1-3-5-10(8-12(20)4-2)11-6-7-14(16)13(9-11)15(17,18)19/h6-7,9-10H,3-5,8H2,1-2H3. The number of benzene rings is 1. The van der Waals surface area contributed by atoms with E-state index in [0.717, 1.165) is 12.5 Å². The number of hydrogen-bond donors (Lipinski definition) is 0. The summed E-state index contributed by atoms with van der Waals surface area (Å²) in [6, 6.07) is 3.92. The first-order valence-electron chi connectivity index (χ1n) is 6.67. The van der Waals surface area contributed by atoms with Gasteiger partial charge in [-0.2, -0.15) is 13.2 Å². The highest BCUT2D eigenvalue weighted by atomic mass is 35.5. The summed E-state index contributed by atoms with van der Waals surface area (Å²) in [6.07, 6.45) is -2.29. The van der Waals surface area contributed by atoms with Gasteiger partial charge in [-0.15, -0.1) is 0 Å². The third-order valence-corrected chi connectivity index (χ3v) is 3.60. The summed E-state index contributed by atoms with van der Waals surface area (Å²) >= 11 is 5.61. The number of alkyl halides is 3. The Hall–Kier alpha value is -1.03. The van der Waals surface area contributed by atoms with Crippen molar-refractivity contribution in [2.24, 2.45) is 0 Å². The molecule has 20 heavy (non-hydrogen) atoms. The highest BCUT2D eigenvalue weighted by Gasteiger charge is 2.33. The van der Waals surface area contributed by atoms with Crippen molar-refractivity contribution in [1.29, 1.82) is 0 Å². The van der Waals surface area contributed by atoms with Gasteiger partial charge in [-0.25, -0.2) is 0 Å². The van der Waals surface area contributed by atoms with Crippen molar-refractivity contribution in [1.82, 2.24) is 0 Å². The third-order valence-electron chi connectivity index (χ3n) is 3.27. The van der Waals surface area contributed by atoms with E-state index in [1.165, 1.54) is 6.07 Å². The molecule has 0 aromatic heterocycles. The number of carbonyl (C=O) groups is 1. The number of carbonyl (C=O) groups excluding carboxylic acids is 1. The molecule has 1 nitrogen and oxygen atoms in total. The minimum atomic E-state index is -4.47. The fourth-order valence-corrected chi connectivity index (χ4v) is 2.39. The molecule has 0 spiro atoms. The highest BCUT2D eigenvalue weighted by Crippen LogP contribution is 2.37. The highest BCUT2D eigenvalue weighted by molar-refractivity contribution is 6.31. The van der Waals surface area contributed by atoms with E-state index < -0.39 is 11.7 Å². The number of ketones is 1. The van der Waals surface area contributed by atoms with E-state index in [-0.39, 0.29) is 23.1 Å². The maximum Gasteiger partial charge on any atom is 0.417 e. The SMILES string of the molecule is CCCC(CC(=O)CC)c1ccc(Cl)c(C(F)(F)F)c1. The average Bonchev–Trinajstić information content (AvgIpc) is 2.37. The molecule has 0 amide bonds. The molecule has 0 saturated carbocycles. The predicted octanol–water partition coefficient (Wildman–Crippen LogP) is 5.61. The maximum atomic E-state index is 12.9. The van der Waals surface area contributed by atoms with Crippen LogP contribution in [0.1, 0.15) is 56.6 Å². The van der Waals surface area contributed by atoms with Crippen molar-refractivity contribution in [3.8, 4) is 0 Å². The van der Waals surface area contributed by atoms with Crippen molar-refractivity contribution in [2.45, 2.75) is 51.6 Å². The summed E-state index contributed by atoms with van der Waals surface area (Å²) in [7, 11) is 0. The van der Waals surface area contributed by atoms with Crippen LogP contribution in [0.5, 0.6) is 0 Å². The first-order chi connectivity index (χ1) is 9.29. The molecule has 1 rings (SSSR count). The normalized spacial score (nSPS) is 13.3. The molecule has 1 atom stereocenters. The molecular weight excluding hydrogens is 289 g/mol. The van der Waals surface area contributed by atoms with Gasteiger partial charge in [-0.1, -0.05) is 37.9 Å². The van der Waals surface area contributed by atoms with Crippen LogP contribution in [0.4, 0.5) is 13.2 Å². The van der Waals surface area contributed by atoms with Crippen LogP contribution in [0.15, 0.2) is 18.2 Å². The number of halogens is 4. The molecule has 0 saturated heterocycles. The van der Waals surface area contributed by atoms with Gasteiger partial charge in [0.15, 0.2) is 0 Å². The van der Waals surface area contributed by atoms with Crippen LogP contribution < -0.4 is 0 Å². The molecule has 0 bridgehead atoms. The summed E-state index contributed by atoms with van der Waals surface area (Å²) in [6.45, 7) is 3.71. The molecule has 1 aromatic carbocycles. The molecule has 0 heterocycles. The summed E-state index contributed by atoms with van der Waals surface area (Å²) in [4.78, 5) is 11.6. The Morgan fingerprint density at radius 3 is 2.45 bits per heavy atom. The van der Waals surface area contributed by atoms with Crippen LogP contribution >= 0.6 is 11.6 Å². The second-order valence-electron chi connectivity index (χ2n) is 4.82. The van der Waals surface area contributed by atoms with E-state index in [4.69, 9.17) is 11.6 Å². The van der Waals surface area contributed by atoms with Crippen molar-refractivity contribution in [3.63, 3.8) is 0 Å². The molecule has 0 radical (unpaired) electrons. The molecular formula is C15H18ClF3O. The Balaban J connectivity index is 3.11. The smallest absolute Gasteiger partial charge is 0.300 e. The van der Waals surface area contributed by atoms with E-state index >= 15 is 0 Å². The average molecular weight is 307 g/mol. The van der Waals surface area contributed by atoms with Crippen molar-refractivity contribution >= 4 is 17.4 Å². The fraction of sp³-hybridized carbons (Fsp3) is 0.533. The van der Waals surface area contributed by atoms with Crippen molar-refractivity contribution in [2.75, 3.05) is 0 Å². The van der Waals surface area contributed by atoms with Gasteiger partial charge in [-0.3, -0.25) is 4.79 Å². The van der Waals surface area contributed by atoms with Gasteiger partial charge in [0, 0.05) is 12.8 Å². The Labute approximate surface area is 122 Å². The summed E-state index contributed by atoms with van der Waals surface area (Å²) in [5.41, 5.74) is -0.299. The minimum Gasteiger partial charge on any atom is -0.300 e. The zero-order chi connectivity index (χ0) is 15.3. The molecule has 0 aliphatic carbocycles. The zero-order valence-corrected chi connectivity index (χ0v) is 12.3. The molecule has 0 aliphatic rings. The summed E-state index contributed by atoms with van der Waals surface area (Å²) in [5.74, 6) is -0.113. The molecule has 1 aromatic rings. The Morgan fingerprint density at radius 2 is 1.95 bits per heavy atom. The summed E-state index contributed by atoms with van der Waals surface area (Å²) < 4.78 is 38.6. The van der Waals surface area contributed by atoms with Crippen molar-refractivity contribution in [3.05, 3.63) is 34.3 Å². The Kier molecular flexibility index (Phi) is 6.06. The Morgan fingerprint density at radius 1 is 1.30 bits per heavy atom. The van der Waals surface area contributed by atoms with Gasteiger partial charge in [0.1, 0.15) is 5.78 Å². The van der Waals surface area contributed by atoms with Crippen LogP contribution in [0.2, 0.25) is 5.02 Å². The van der Waals surface area contributed by atoms with Crippen LogP contribution in [-0.2, 0) is 11.0 Å². The van der Waals surface area contributed by atoms with Crippen LogP contribution in [0.3, 0.4) is 0 Å². The monoisotopic (exact) mass is 306 g/mol. The van der Waals surface area contributed by atoms with Gasteiger partial charge >= 0.3 is 6.18 Å². The third kappa shape index (κ3) is 4.51. The Bertz CT molecular complexity index is 469. The quantitative estimate of drug-likeness (QED) is 0.667. The van der Waals surface area contributed by atoms with E-state index in [2.05, 4.69) is 0 Å². The number of Topliss-reactive ketones (excluding diaryl/α,β-unsaturated/α-hetero) is 1. The second-order valence-corrected chi connectivity index (χ2v) is 5.23. The van der Waals surface area contributed by atoms with Gasteiger partial charge < -0.3 is 0 Å². The van der Waals surface area contributed by atoms with Gasteiger partial charge in [-0.05, 0) is 30.0 Å². The first kappa shape index (κ1) is 17.0. The van der Waals surface area contributed by atoms with E-state index in [1.807, 2.05) is 6.92 Å². The lowest BCUT2D eigenvalue weighted by atomic mass is 9.88. The first-order valence-corrected chi connectivity index (χ1v) is 7.05. The van der Waals surface area contributed by atoms with Gasteiger partial charge in [0.25, 0.3) is 0 Å². The molecule has 0 aliphatic heterocycles. The number of rotatable bonds is 6. The minimum absolute atomic E-state index is 0.0620. The fourth-order valence-electron chi connectivity index (χ4n) is 2.17.